The highest BCUT2D eigenvalue weighted by Gasteiger charge is 2.13. The van der Waals surface area contributed by atoms with E-state index in [-0.39, 0.29) is 11.6 Å². The summed E-state index contributed by atoms with van der Waals surface area (Å²) in [5, 5.41) is 18.1. The van der Waals surface area contributed by atoms with Crippen LogP contribution in [0, 0.1) is 0 Å². The number of aromatic hydroxyl groups is 1. The average molecular weight is 647 g/mol. The maximum Gasteiger partial charge on any atom is 0.159 e. The minimum Gasteiger partial charge on any atom is -0.508 e. The molecule has 0 radical (unpaired) electrons. The Kier molecular flexibility index (Phi) is 22.4. The SMILES string of the molecule is C=C(C)c1ccccc1.CC(=O)c1ccccc1.CC(C)(O)c1ccccc1.CC(C)=O.CC(C)c1ccccc1.Oc1ccccc1. The number of aliphatic hydroxyl groups is 1. The Hall–Kier alpha value is -5.06. The van der Waals surface area contributed by atoms with E-state index in [9.17, 15) is 14.7 Å². The molecule has 254 valence electrons. The number of carbonyl (C=O) groups is 2. The fourth-order valence-electron chi connectivity index (χ4n) is 3.51. The first-order valence-corrected chi connectivity index (χ1v) is 16.0. The summed E-state index contributed by atoms with van der Waals surface area (Å²) in [6.45, 7) is 18.4. The van der Waals surface area contributed by atoms with E-state index in [0.29, 0.717) is 11.7 Å². The van der Waals surface area contributed by atoms with Crippen molar-refractivity contribution in [2.75, 3.05) is 0 Å². The van der Waals surface area contributed by atoms with Gasteiger partial charge in [-0.1, -0.05) is 166 Å². The Balaban J connectivity index is 0.000000561. The van der Waals surface area contributed by atoms with E-state index >= 15 is 0 Å². The Bertz CT molecular complexity index is 1470. The number of ketones is 2. The first-order chi connectivity index (χ1) is 22.6. The maximum absolute atomic E-state index is 10.6. The van der Waals surface area contributed by atoms with Gasteiger partial charge in [0.15, 0.2) is 5.78 Å². The zero-order chi connectivity index (χ0) is 36.4. The highest BCUT2D eigenvalue weighted by atomic mass is 16.3. The molecular formula is C44H54O4. The lowest BCUT2D eigenvalue weighted by Crippen LogP contribution is -2.14. The molecule has 0 aliphatic heterocycles. The summed E-state index contributed by atoms with van der Waals surface area (Å²) < 4.78 is 0. The average Bonchev–Trinajstić information content (AvgIpc) is 3.07. The molecule has 2 N–H and O–H groups in total. The monoisotopic (exact) mass is 646 g/mol. The van der Waals surface area contributed by atoms with Gasteiger partial charge in [-0.25, -0.2) is 0 Å². The summed E-state index contributed by atoms with van der Waals surface area (Å²) in [6, 6.07) is 48.2. The van der Waals surface area contributed by atoms with Gasteiger partial charge < -0.3 is 15.0 Å². The second-order valence-corrected chi connectivity index (χ2v) is 11.8. The van der Waals surface area contributed by atoms with E-state index in [1.807, 2.05) is 97.9 Å². The van der Waals surface area contributed by atoms with Crippen LogP contribution >= 0.6 is 0 Å². The number of benzene rings is 5. The number of carbonyl (C=O) groups excluding carboxylic acids is 2. The molecule has 5 rings (SSSR count). The van der Waals surface area contributed by atoms with Crippen LogP contribution in [0.4, 0.5) is 0 Å². The summed E-state index contributed by atoms with van der Waals surface area (Å²) in [4.78, 5) is 20.1. The van der Waals surface area contributed by atoms with E-state index in [1.165, 1.54) is 25.0 Å². The summed E-state index contributed by atoms with van der Waals surface area (Å²) in [6.07, 6.45) is 0. The fraction of sp³-hybridized carbons (Fsp3) is 0.227. The van der Waals surface area contributed by atoms with Crippen molar-refractivity contribution < 1.29 is 19.8 Å². The smallest absolute Gasteiger partial charge is 0.159 e. The topological polar surface area (TPSA) is 74.6 Å². The molecule has 0 unspecified atom stereocenters. The molecule has 5 aromatic rings. The normalized spacial score (nSPS) is 9.46. The van der Waals surface area contributed by atoms with Gasteiger partial charge >= 0.3 is 0 Å². The molecule has 0 aromatic heterocycles. The zero-order valence-corrected chi connectivity index (χ0v) is 29.9. The molecule has 0 bridgehead atoms. The predicted octanol–water partition coefficient (Wildman–Crippen LogP) is 11.3. The number of phenolic OH excluding ortho intramolecular Hbond substituents is 1. The van der Waals surface area contributed by atoms with Crippen LogP contribution in [0.1, 0.15) is 88.4 Å². The van der Waals surface area contributed by atoms with Gasteiger partial charge in [0.1, 0.15) is 11.5 Å². The van der Waals surface area contributed by atoms with Crippen LogP contribution in [0.2, 0.25) is 0 Å². The number of Topliss-reactive ketones (excluding diaryl/α,β-unsaturated/α-hetero) is 2. The molecule has 0 saturated carbocycles. The van der Waals surface area contributed by atoms with Gasteiger partial charge in [0.25, 0.3) is 0 Å². The largest absolute Gasteiger partial charge is 0.508 e. The van der Waals surface area contributed by atoms with Crippen molar-refractivity contribution in [1.29, 1.82) is 0 Å². The number of para-hydroxylation sites is 1. The van der Waals surface area contributed by atoms with Crippen molar-refractivity contribution >= 4 is 17.1 Å². The van der Waals surface area contributed by atoms with E-state index in [1.54, 1.807) is 45.0 Å². The lowest BCUT2D eigenvalue weighted by atomic mass is 9.99. The van der Waals surface area contributed by atoms with Crippen molar-refractivity contribution in [3.8, 4) is 5.75 Å². The van der Waals surface area contributed by atoms with Gasteiger partial charge in [-0.2, -0.15) is 0 Å². The fourth-order valence-corrected chi connectivity index (χ4v) is 3.51. The minimum absolute atomic E-state index is 0.121. The molecular weight excluding hydrogens is 592 g/mol. The highest BCUT2D eigenvalue weighted by Crippen LogP contribution is 2.18. The van der Waals surface area contributed by atoms with Gasteiger partial charge in [0, 0.05) is 5.56 Å². The molecule has 0 atom stereocenters. The second-order valence-electron chi connectivity index (χ2n) is 11.8. The summed E-state index contributed by atoms with van der Waals surface area (Å²) in [5.74, 6) is 1.27. The quantitative estimate of drug-likeness (QED) is 0.191. The number of phenols is 1. The molecule has 4 nitrogen and oxygen atoms in total. The van der Waals surface area contributed by atoms with Crippen LogP contribution < -0.4 is 0 Å². The number of hydrogen-bond donors (Lipinski definition) is 2. The maximum atomic E-state index is 10.6. The third kappa shape index (κ3) is 23.3. The number of allylic oxidation sites excluding steroid dienone is 1. The van der Waals surface area contributed by atoms with Crippen molar-refractivity contribution in [1.82, 2.24) is 0 Å². The molecule has 4 heteroatoms. The third-order valence-corrected chi connectivity index (χ3v) is 6.15. The standard InChI is InChI=1S/C9H12O.C9H12.C9H10.C8H8O.C6H6O.C3H6O/c1-9(2,10)8-6-4-3-5-7-8;2*1-8(2)9-6-4-3-5-7-9;1-7(9)8-5-3-2-4-6-8;7-6-4-2-1-3-5-6;1-3(2)4/h3-7,10H,1-2H3;3-8H,1-2H3;3-7H,1H2,2H3;2-6H,1H3;1-5,7H;1-2H3. The molecule has 5 aromatic carbocycles. The van der Waals surface area contributed by atoms with Crippen molar-refractivity contribution in [2.45, 2.75) is 66.9 Å². The zero-order valence-electron chi connectivity index (χ0n) is 29.9. The van der Waals surface area contributed by atoms with Crippen LogP contribution in [0.3, 0.4) is 0 Å². The molecule has 0 spiro atoms. The summed E-state index contributed by atoms with van der Waals surface area (Å²) in [7, 11) is 0. The van der Waals surface area contributed by atoms with Crippen LogP contribution in [-0.4, -0.2) is 21.8 Å². The van der Waals surface area contributed by atoms with Crippen LogP contribution in [-0.2, 0) is 10.4 Å². The molecule has 0 aliphatic carbocycles. The van der Waals surface area contributed by atoms with E-state index in [2.05, 4.69) is 56.8 Å². The lowest BCUT2D eigenvalue weighted by Gasteiger charge is -2.16. The number of rotatable bonds is 4. The van der Waals surface area contributed by atoms with Gasteiger partial charge in [-0.15, -0.1) is 0 Å². The molecule has 48 heavy (non-hydrogen) atoms. The number of hydrogen-bond acceptors (Lipinski definition) is 4. The van der Waals surface area contributed by atoms with Crippen molar-refractivity contribution in [3.63, 3.8) is 0 Å². The van der Waals surface area contributed by atoms with Crippen LogP contribution in [0.5, 0.6) is 5.75 Å². The lowest BCUT2D eigenvalue weighted by molar-refractivity contribution is -0.115. The minimum atomic E-state index is -0.707. The van der Waals surface area contributed by atoms with E-state index < -0.39 is 5.60 Å². The first-order valence-electron chi connectivity index (χ1n) is 16.0. The van der Waals surface area contributed by atoms with Gasteiger partial charge in [0.05, 0.1) is 5.60 Å². The van der Waals surface area contributed by atoms with E-state index in [4.69, 9.17) is 5.11 Å². The molecule has 0 aliphatic rings. The van der Waals surface area contributed by atoms with Gasteiger partial charge in [0.2, 0.25) is 0 Å². The van der Waals surface area contributed by atoms with E-state index in [0.717, 1.165) is 16.7 Å². The third-order valence-electron chi connectivity index (χ3n) is 6.15. The highest BCUT2D eigenvalue weighted by molar-refractivity contribution is 5.93. The van der Waals surface area contributed by atoms with Crippen molar-refractivity contribution in [3.05, 3.63) is 180 Å². The molecule has 0 saturated heterocycles. The molecule has 0 heterocycles. The van der Waals surface area contributed by atoms with Gasteiger partial charge in [-0.05, 0) is 76.3 Å². The van der Waals surface area contributed by atoms with Crippen LogP contribution in [0.15, 0.2) is 158 Å². The van der Waals surface area contributed by atoms with Crippen LogP contribution in [0.25, 0.3) is 5.57 Å². The van der Waals surface area contributed by atoms with Crippen molar-refractivity contribution in [2.24, 2.45) is 0 Å². The van der Waals surface area contributed by atoms with Gasteiger partial charge in [-0.3, -0.25) is 4.79 Å². The second kappa shape index (κ2) is 25.1. The predicted molar refractivity (Wildman–Crippen MR) is 204 cm³/mol. The molecule has 0 amide bonds. The first kappa shape index (κ1) is 42.9. The summed E-state index contributed by atoms with van der Waals surface area (Å²) in [5.41, 5.74) is 4.78. The summed E-state index contributed by atoms with van der Waals surface area (Å²) >= 11 is 0. The Labute approximate surface area is 289 Å². The Morgan fingerprint density at radius 2 is 0.875 bits per heavy atom. The Morgan fingerprint density at radius 3 is 1.06 bits per heavy atom. The Morgan fingerprint density at radius 1 is 0.562 bits per heavy atom. The molecule has 0 fully saturated rings.